The van der Waals surface area contributed by atoms with Crippen LogP contribution in [0.1, 0.15) is 23.3 Å². The maximum atomic E-state index is 12.6. The Labute approximate surface area is 158 Å². The zero-order valence-electron chi connectivity index (χ0n) is 14.6. The van der Waals surface area contributed by atoms with Crippen molar-refractivity contribution in [2.75, 3.05) is 13.1 Å². The first-order valence-corrected chi connectivity index (χ1v) is 9.30. The Morgan fingerprint density at radius 3 is 2.81 bits per heavy atom. The van der Waals surface area contributed by atoms with Gasteiger partial charge in [0.1, 0.15) is 10.7 Å². The van der Waals surface area contributed by atoms with E-state index in [1.54, 1.807) is 0 Å². The number of hydrogen-bond acceptors (Lipinski definition) is 4. The number of pyridine rings is 1. The smallest absolute Gasteiger partial charge is 0.357 e. The van der Waals surface area contributed by atoms with Crippen LogP contribution in [0.3, 0.4) is 0 Å². The number of thiazole rings is 1. The summed E-state index contributed by atoms with van der Waals surface area (Å²) < 4.78 is 39.8. The second-order valence-corrected chi connectivity index (χ2v) is 6.64. The Morgan fingerprint density at radius 2 is 2.11 bits per heavy atom. The highest BCUT2D eigenvalue weighted by atomic mass is 32.1. The Kier molecular flexibility index (Phi) is 5.94. The van der Waals surface area contributed by atoms with E-state index in [1.807, 2.05) is 41.9 Å². The van der Waals surface area contributed by atoms with Gasteiger partial charge in [-0.05, 0) is 19.1 Å². The van der Waals surface area contributed by atoms with Gasteiger partial charge in [-0.1, -0.05) is 6.07 Å². The molecule has 0 aliphatic carbocycles. The third kappa shape index (κ3) is 5.19. The van der Waals surface area contributed by atoms with Gasteiger partial charge in [0.25, 0.3) is 0 Å². The van der Waals surface area contributed by atoms with Gasteiger partial charge in [0.2, 0.25) is 0 Å². The van der Waals surface area contributed by atoms with E-state index in [4.69, 9.17) is 0 Å². The zero-order valence-corrected chi connectivity index (χ0v) is 15.4. The van der Waals surface area contributed by atoms with Crippen molar-refractivity contribution in [2.45, 2.75) is 26.1 Å². The molecule has 0 atom stereocenters. The Hall–Kier alpha value is -2.62. The number of aromatic nitrogens is 3. The van der Waals surface area contributed by atoms with Gasteiger partial charge < -0.3 is 15.0 Å². The summed E-state index contributed by atoms with van der Waals surface area (Å²) in [4.78, 5) is 12.4. The SMILES string of the molecule is CCNC(=NCc1nc(C(F)(F)F)cs1)NCCc1cn2ccccc2n1. The van der Waals surface area contributed by atoms with Crippen molar-refractivity contribution in [1.29, 1.82) is 0 Å². The van der Waals surface area contributed by atoms with Crippen LogP contribution in [-0.2, 0) is 19.1 Å². The quantitative estimate of drug-likeness (QED) is 0.496. The van der Waals surface area contributed by atoms with E-state index < -0.39 is 11.9 Å². The fraction of sp³-hybridized carbons (Fsp3) is 0.353. The summed E-state index contributed by atoms with van der Waals surface area (Å²) in [5.41, 5.74) is 0.958. The maximum absolute atomic E-state index is 12.6. The van der Waals surface area contributed by atoms with Crippen molar-refractivity contribution >= 4 is 22.9 Å². The molecule has 3 heterocycles. The maximum Gasteiger partial charge on any atom is 0.434 e. The van der Waals surface area contributed by atoms with Crippen LogP contribution in [-0.4, -0.2) is 33.4 Å². The lowest BCUT2D eigenvalue weighted by molar-refractivity contribution is -0.140. The van der Waals surface area contributed by atoms with E-state index in [2.05, 4.69) is 25.6 Å². The van der Waals surface area contributed by atoms with Crippen LogP contribution in [0, 0.1) is 0 Å². The summed E-state index contributed by atoms with van der Waals surface area (Å²) in [6.45, 7) is 3.25. The molecule has 0 saturated carbocycles. The van der Waals surface area contributed by atoms with Crippen LogP contribution in [0.5, 0.6) is 0 Å². The molecule has 0 saturated heterocycles. The lowest BCUT2D eigenvalue weighted by Crippen LogP contribution is -2.38. The van der Waals surface area contributed by atoms with E-state index in [9.17, 15) is 13.2 Å². The minimum Gasteiger partial charge on any atom is -0.357 e. The molecule has 2 N–H and O–H groups in total. The molecule has 3 rings (SSSR count). The largest absolute Gasteiger partial charge is 0.434 e. The monoisotopic (exact) mass is 396 g/mol. The van der Waals surface area contributed by atoms with Crippen LogP contribution >= 0.6 is 11.3 Å². The number of guanidine groups is 1. The zero-order chi connectivity index (χ0) is 19.3. The third-order valence-corrected chi connectivity index (χ3v) is 4.48. The van der Waals surface area contributed by atoms with E-state index in [0.29, 0.717) is 30.5 Å². The molecule has 0 fully saturated rings. The molecule has 0 radical (unpaired) electrons. The summed E-state index contributed by atoms with van der Waals surface area (Å²) in [5, 5.41) is 7.56. The molecule has 10 heteroatoms. The number of imidazole rings is 1. The number of rotatable bonds is 6. The van der Waals surface area contributed by atoms with Gasteiger partial charge in [-0.2, -0.15) is 13.2 Å². The Morgan fingerprint density at radius 1 is 1.26 bits per heavy atom. The summed E-state index contributed by atoms with van der Waals surface area (Å²) in [6, 6.07) is 5.81. The number of alkyl halides is 3. The summed E-state index contributed by atoms with van der Waals surface area (Å²) in [7, 11) is 0. The normalized spacial score (nSPS) is 12.5. The van der Waals surface area contributed by atoms with Crippen LogP contribution in [0.15, 0.2) is 41.0 Å². The molecule has 144 valence electrons. The first-order chi connectivity index (χ1) is 13.0. The minimum atomic E-state index is -4.42. The summed E-state index contributed by atoms with van der Waals surface area (Å²) in [6.07, 6.45) is 0.181. The van der Waals surface area contributed by atoms with Gasteiger partial charge in [-0.3, -0.25) is 0 Å². The molecule has 6 nitrogen and oxygen atoms in total. The van der Waals surface area contributed by atoms with Gasteiger partial charge >= 0.3 is 6.18 Å². The van der Waals surface area contributed by atoms with Crippen molar-refractivity contribution in [2.24, 2.45) is 4.99 Å². The van der Waals surface area contributed by atoms with Gasteiger partial charge in [-0.15, -0.1) is 11.3 Å². The molecule has 0 aliphatic heterocycles. The van der Waals surface area contributed by atoms with E-state index >= 15 is 0 Å². The van der Waals surface area contributed by atoms with Crippen molar-refractivity contribution < 1.29 is 13.2 Å². The molecule has 0 bridgehead atoms. The third-order valence-electron chi connectivity index (χ3n) is 3.65. The predicted molar refractivity (Wildman–Crippen MR) is 98.8 cm³/mol. The first kappa shape index (κ1) is 19.2. The van der Waals surface area contributed by atoms with Crippen molar-refractivity contribution in [3.8, 4) is 0 Å². The van der Waals surface area contributed by atoms with Gasteiger partial charge in [0.15, 0.2) is 11.7 Å². The van der Waals surface area contributed by atoms with Crippen LogP contribution < -0.4 is 10.6 Å². The number of nitrogens with one attached hydrogen (secondary N) is 2. The van der Waals surface area contributed by atoms with Crippen molar-refractivity contribution in [3.63, 3.8) is 0 Å². The molecule has 0 aromatic carbocycles. The van der Waals surface area contributed by atoms with Gasteiger partial charge in [0, 0.05) is 37.3 Å². The molecule has 0 unspecified atom stereocenters. The summed E-state index contributed by atoms with van der Waals surface area (Å²) >= 11 is 0.953. The van der Waals surface area contributed by atoms with E-state index in [0.717, 1.165) is 28.1 Å². The lowest BCUT2D eigenvalue weighted by Gasteiger charge is -2.10. The van der Waals surface area contributed by atoms with Crippen LogP contribution in [0.4, 0.5) is 13.2 Å². The molecular formula is C17H19F3N6S. The Balaban J connectivity index is 1.56. The summed E-state index contributed by atoms with van der Waals surface area (Å²) in [5.74, 6) is 0.532. The second-order valence-electron chi connectivity index (χ2n) is 5.69. The highest BCUT2D eigenvalue weighted by molar-refractivity contribution is 7.09. The molecule has 3 aromatic rings. The van der Waals surface area contributed by atoms with Crippen molar-refractivity contribution in [3.05, 3.63) is 52.4 Å². The number of fused-ring (bicyclic) bond motifs is 1. The fourth-order valence-corrected chi connectivity index (χ4v) is 3.14. The van der Waals surface area contributed by atoms with Crippen molar-refractivity contribution in [1.82, 2.24) is 25.0 Å². The topological polar surface area (TPSA) is 66.6 Å². The molecule has 27 heavy (non-hydrogen) atoms. The average Bonchev–Trinajstić information content (AvgIpc) is 3.26. The molecule has 3 aromatic heterocycles. The average molecular weight is 396 g/mol. The lowest BCUT2D eigenvalue weighted by atomic mass is 10.3. The number of halogens is 3. The van der Waals surface area contributed by atoms with E-state index in [1.165, 1.54) is 0 Å². The molecule has 0 amide bonds. The number of aliphatic imine (C=N–C) groups is 1. The van der Waals surface area contributed by atoms with Crippen LogP contribution in [0.25, 0.3) is 5.65 Å². The predicted octanol–water partition coefficient (Wildman–Crippen LogP) is 3.11. The number of nitrogens with zero attached hydrogens (tertiary/aromatic N) is 4. The Bertz CT molecular complexity index is 882. The molecular weight excluding hydrogens is 377 g/mol. The fourth-order valence-electron chi connectivity index (χ4n) is 2.42. The minimum absolute atomic E-state index is 0.0877. The van der Waals surface area contributed by atoms with Gasteiger partial charge in [-0.25, -0.2) is 15.0 Å². The highest BCUT2D eigenvalue weighted by Gasteiger charge is 2.33. The highest BCUT2D eigenvalue weighted by Crippen LogP contribution is 2.30. The first-order valence-electron chi connectivity index (χ1n) is 8.42. The standard InChI is InChI=1S/C17H19F3N6S/c1-2-21-16(23-9-15-25-13(11-27-15)17(18,19)20)22-7-6-12-10-26-8-4-3-5-14(26)24-12/h3-5,8,10-11H,2,6-7,9H2,1H3,(H2,21,22,23). The van der Waals surface area contributed by atoms with Crippen LogP contribution in [0.2, 0.25) is 0 Å². The second kappa shape index (κ2) is 8.38. The van der Waals surface area contributed by atoms with Gasteiger partial charge in [0.05, 0.1) is 12.2 Å². The molecule has 0 aliphatic rings. The molecule has 0 spiro atoms. The number of hydrogen-bond donors (Lipinski definition) is 2. The van der Waals surface area contributed by atoms with E-state index in [-0.39, 0.29) is 6.54 Å².